The Morgan fingerprint density at radius 1 is 0.609 bits per heavy atom. The van der Waals surface area contributed by atoms with E-state index in [4.69, 9.17) is 11.0 Å². The third-order valence-electron chi connectivity index (χ3n) is 4.39. The topological polar surface area (TPSA) is 81.1 Å². The van der Waals surface area contributed by atoms with Crippen LogP contribution >= 0.6 is 7.59 Å². The summed E-state index contributed by atoms with van der Waals surface area (Å²) < 4.78 is 11.0. The monoisotopic (exact) mass is 347 g/mol. The van der Waals surface area contributed by atoms with Crippen molar-refractivity contribution in [3.8, 4) is 0 Å². The highest BCUT2D eigenvalue weighted by Gasteiger charge is 2.04. The van der Waals surface area contributed by atoms with Crippen molar-refractivity contribution in [1.29, 1.82) is 0 Å². The largest absolute Gasteiger partial charge is 0.273 e. The molecule has 0 bridgehead atoms. The zero-order chi connectivity index (χ0) is 17.2. The lowest BCUT2D eigenvalue weighted by Crippen LogP contribution is -2.22. The molecule has 0 fully saturated rings. The van der Waals surface area contributed by atoms with Gasteiger partial charge < -0.3 is 0 Å². The molecule has 0 saturated carbocycles. The van der Waals surface area contributed by atoms with E-state index in [2.05, 4.69) is 12.0 Å². The summed E-state index contributed by atoms with van der Waals surface area (Å²) in [6.45, 7) is 2.95. The summed E-state index contributed by atoms with van der Waals surface area (Å²) in [5.74, 6) is 0. The number of hydrogen-bond donors (Lipinski definition) is 3. The van der Waals surface area contributed by atoms with E-state index in [1.54, 1.807) is 0 Å². The molecule has 0 aliphatic carbocycles. The Morgan fingerprint density at radius 2 is 0.913 bits per heavy atom. The van der Waals surface area contributed by atoms with Crippen molar-refractivity contribution < 1.29 is 4.57 Å². The maximum Gasteiger partial charge on any atom is 0.273 e. The number of unbranched alkanes of at least 4 members (excludes halogenated alkanes) is 15. The fourth-order valence-corrected chi connectivity index (χ4v) is 3.43. The second-order valence-electron chi connectivity index (χ2n) is 6.92. The zero-order valence-electron chi connectivity index (χ0n) is 15.5. The normalized spacial score (nSPS) is 12.0. The standard InChI is InChI=1S/C18H42N3OP/c1-2-3-4-5-6-7-8-9-10-11-12-13-14-15-16-17-18-21-23(19,20)22/h2-18H2,1H3,(H5,19,20,21,22). The molecule has 0 aromatic heterocycles. The first-order valence-corrected chi connectivity index (χ1v) is 11.8. The molecule has 0 radical (unpaired) electrons. The van der Waals surface area contributed by atoms with Crippen molar-refractivity contribution in [3.05, 3.63) is 0 Å². The average Bonchev–Trinajstić information content (AvgIpc) is 2.49. The molecule has 0 rings (SSSR count). The second kappa shape index (κ2) is 17.0. The predicted molar refractivity (Wildman–Crippen MR) is 104 cm³/mol. The van der Waals surface area contributed by atoms with Gasteiger partial charge in [-0.1, -0.05) is 103 Å². The van der Waals surface area contributed by atoms with E-state index in [1.807, 2.05) is 0 Å². The van der Waals surface area contributed by atoms with Gasteiger partial charge in [0.05, 0.1) is 0 Å². The van der Waals surface area contributed by atoms with Gasteiger partial charge in [-0.05, 0) is 6.42 Å². The summed E-state index contributed by atoms with van der Waals surface area (Å²) in [6, 6.07) is 0. The maximum atomic E-state index is 11.0. The van der Waals surface area contributed by atoms with Crippen LogP contribution in [0.25, 0.3) is 0 Å². The number of nitrogens with one attached hydrogen (secondary N) is 1. The summed E-state index contributed by atoms with van der Waals surface area (Å²) in [7, 11) is -3.01. The van der Waals surface area contributed by atoms with Gasteiger partial charge in [-0.3, -0.25) is 15.6 Å². The molecule has 4 nitrogen and oxygen atoms in total. The molecule has 5 heteroatoms. The minimum atomic E-state index is -3.01. The third-order valence-corrected chi connectivity index (χ3v) is 5.11. The summed E-state index contributed by atoms with van der Waals surface area (Å²) in [4.78, 5) is 0. The minimum Gasteiger partial charge on any atom is -0.271 e. The molecule has 0 heterocycles. The highest BCUT2D eigenvalue weighted by atomic mass is 31.2. The molecule has 5 N–H and O–H groups in total. The van der Waals surface area contributed by atoms with Crippen LogP contribution in [0.3, 0.4) is 0 Å². The lowest BCUT2D eigenvalue weighted by atomic mass is 10.0. The van der Waals surface area contributed by atoms with Gasteiger partial charge in [-0.25, -0.2) is 5.09 Å². The summed E-state index contributed by atoms with van der Waals surface area (Å²) in [5.41, 5.74) is 10.4. The molecular weight excluding hydrogens is 305 g/mol. The summed E-state index contributed by atoms with van der Waals surface area (Å²) >= 11 is 0. The smallest absolute Gasteiger partial charge is 0.271 e. The molecule has 0 aliphatic rings. The Labute approximate surface area is 145 Å². The Bertz CT molecular complexity index is 281. The van der Waals surface area contributed by atoms with Crippen molar-refractivity contribution in [2.24, 2.45) is 11.0 Å². The summed E-state index contributed by atoms with van der Waals surface area (Å²) in [6.07, 6.45) is 21.7. The maximum absolute atomic E-state index is 11.0. The van der Waals surface area contributed by atoms with E-state index >= 15 is 0 Å². The first-order valence-electron chi connectivity index (χ1n) is 9.98. The van der Waals surface area contributed by atoms with Crippen LogP contribution in [0.4, 0.5) is 0 Å². The molecule has 0 aromatic carbocycles. The molecule has 0 aromatic rings. The van der Waals surface area contributed by atoms with E-state index in [-0.39, 0.29) is 0 Å². The lowest BCUT2D eigenvalue weighted by molar-refractivity contribution is 0.528. The van der Waals surface area contributed by atoms with E-state index in [9.17, 15) is 4.57 Å². The fourth-order valence-electron chi connectivity index (χ4n) is 2.93. The summed E-state index contributed by atoms with van der Waals surface area (Å²) in [5, 5.41) is 2.68. The van der Waals surface area contributed by atoms with Crippen molar-refractivity contribution >= 4 is 7.59 Å². The van der Waals surface area contributed by atoms with E-state index < -0.39 is 7.59 Å². The lowest BCUT2D eigenvalue weighted by Gasteiger charge is -2.08. The number of rotatable bonds is 18. The second-order valence-corrected chi connectivity index (χ2v) is 8.66. The van der Waals surface area contributed by atoms with Gasteiger partial charge in [-0.2, -0.15) is 0 Å². The Morgan fingerprint density at radius 3 is 1.22 bits per heavy atom. The fraction of sp³-hybridized carbons (Fsp3) is 1.00. The predicted octanol–water partition coefficient (Wildman–Crippen LogP) is 5.86. The van der Waals surface area contributed by atoms with E-state index in [1.165, 1.54) is 96.3 Å². The Kier molecular flexibility index (Phi) is 17.0. The van der Waals surface area contributed by atoms with Crippen LogP contribution in [0.5, 0.6) is 0 Å². The number of nitrogens with two attached hydrogens (primary N) is 2. The van der Waals surface area contributed by atoms with Gasteiger partial charge in [-0.15, -0.1) is 0 Å². The minimum absolute atomic E-state index is 0.669. The van der Waals surface area contributed by atoms with Crippen LogP contribution < -0.4 is 16.1 Å². The molecule has 0 aliphatic heterocycles. The molecule has 0 unspecified atom stereocenters. The van der Waals surface area contributed by atoms with Gasteiger partial charge >= 0.3 is 0 Å². The van der Waals surface area contributed by atoms with Crippen molar-refractivity contribution in [2.45, 2.75) is 110 Å². The van der Waals surface area contributed by atoms with Crippen LogP contribution in [0.15, 0.2) is 0 Å². The molecule has 140 valence electrons. The van der Waals surface area contributed by atoms with Crippen molar-refractivity contribution in [3.63, 3.8) is 0 Å². The average molecular weight is 348 g/mol. The van der Waals surface area contributed by atoms with Crippen LogP contribution in [-0.4, -0.2) is 6.54 Å². The molecule has 0 amide bonds. The molecule has 0 atom stereocenters. The van der Waals surface area contributed by atoms with Crippen LogP contribution in [0.1, 0.15) is 110 Å². The molecular formula is C18H42N3OP. The first kappa shape index (κ1) is 23.1. The molecule has 0 spiro atoms. The number of hydrogen-bond acceptors (Lipinski definition) is 1. The van der Waals surface area contributed by atoms with Gasteiger partial charge in [0.2, 0.25) is 0 Å². The quantitative estimate of drug-likeness (QED) is 0.214. The van der Waals surface area contributed by atoms with E-state index in [0.717, 1.165) is 6.42 Å². The first-order chi connectivity index (χ1) is 11.1. The zero-order valence-corrected chi connectivity index (χ0v) is 16.4. The van der Waals surface area contributed by atoms with Gasteiger partial charge in [0.25, 0.3) is 7.59 Å². The van der Waals surface area contributed by atoms with Gasteiger partial charge in [0, 0.05) is 6.54 Å². The van der Waals surface area contributed by atoms with Crippen LogP contribution in [0, 0.1) is 0 Å². The Hall–Kier alpha value is 0.110. The van der Waals surface area contributed by atoms with Crippen molar-refractivity contribution in [1.82, 2.24) is 5.09 Å². The van der Waals surface area contributed by atoms with E-state index in [0.29, 0.717) is 6.54 Å². The Balaban J connectivity index is 3.01. The van der Waals surface area contributed by atoms with Crippen LogP contribution in [-0.2, 0) is 4.57 Å². The molecule has 0 saturated heterocycles. The van der Waals surface area contributed by atoms with Gasteiger partial charge in [0.15, 0.2) is 0 Å². The SMILES string of the molecule is CCCCCCCCCCCCCCCCCCNP(N)(N)=O. The highest BCUT2D eigenvalue weighted by molar-refractivity contribution is 7.56. The van der Waals surface area contributed by atoms with Crippen LogP contribution in [0.2, 0.25) is 0 Å². The third kappa shape index (κ3) is 22.1. The highest BCUT2D eigenvalue weighted by Crippen LogP contribution is 2.17. The van der Waals surface area contributed by atoms with Gasteiger partial charge in [0.1, 0.15) is 0 Å². The van der Waals surface area contributed by atoms with Crippen molar-refractivity contribution in [2.75, 3.05) is 6.54 Å². The molecule has 23 heavy (non-hydrogen) atoms.